The van der Waals surface area contributed by atoms with Crippen LogP contribution in [0.3, 0.4) is 0 Å². The standard InChI is InChI=1S/C24H21N3O10S3/c1-14-8-22(36-2)19(25)13-20(14)26-27-21-11-17(38(28,29)30)9-15-10-18(39(31,32)33)12-23(24(15)21)37-40(34,35)16-6-4-3-5-7-16/h3-13H,25H2,1-2H3,(H,28,29,30)(H,31,32,33). The van der Waals surface area contributed by atoms with Crippen LogP contribution in [0.1, 0.15) is 5.56 Å². The molecule has 0 saturated carbocycles. The Labute approximate surface area is 229 Å². The first-order chi connectivity index (χ1) is 18.6. The number of methoxy groups -OCH3 is 1. The number of hydrogen-bond acceptors (Lipinski definition) is 11. The second-order valence-electron chi connectivity index (χ2n) is 8.34. The summed E-state index contributed by atoms with van der Waals surface area (Å²) in [5, 5.41) is 7.70. The van der Waals surface area contributed by atoms with Crippen LogP contribution >= 0.6 is 0 Å². The van der Waals surface area contributed by atoms with E-state index in [1.165, 1.54) is 37.4 Å². The third-order valence-corrected chi connectivity index (χ3v) is 8.49. The van der Waals surface area contributed by atoms with E-state index in [0.717, 1.165) is 24.3 Å². The first-order valence-corrected chi connectivity index (χ1v) is 15.3. The average Bonchev–Trinajstić information content (AvgIpc) is 2.87. The van der Waals surface area contributed by atoms with Crippen molar-refractivity contribution in [1.29, 1.82) is 0 Å². The molecule has 4 aromatic carbocycles. The highest BCUT2D eigenvalue weighted by Gasteiger charge is 2.24. The number of nitrogen functional groups attached to an aromatic ring is 1. The van der Waals surface area contributed by atoms with Crippen LogP contribution in [0.5, 0.6) is 11.5 Å². The average molecular weight is 608 g/mol. The second kappa shape index (κ2) is 10.5. The summed E-state index contributed by atoms with van der Waals surface area (Å²) in [6.45, 7) is 1.67. The van der Waals surface area contributed by atoms with Gasteiger partial charge in [-0.3, -0.25) is 9.11 Å². The molecule has 0 aliphatic carbocycles. The van der Waals surface area contributed by atoms with Crippen molar-refractivity contribution in [2.75, 3.05) is 12.8 Å². The van der Waals surface area contributed by atoms with Gasteiger partial charge in [0.2, 0.25) is 0 Å². The smallest absolute Gasteiger partial charge is 0.339 e. The molecule has 0 amide bonds. The molecular weight excluding hydrogens is 586 g/mol. The van der Waals surface area contributed by atoms with Crippen LogP contribution in [-0.4, -0.2) is 41.5 Å². The monoisotopic (exact) mass is 607 g/mol. The molecule has 4 aromatic rings. The van der Waals surface area contributed by atoms with Gasteiger partial charge in [0.1, 0.15) is 10.6 Å². The van der Waals surface area contributed by atoms with Crippen molar-refractivity contribution < 1.29 is 43.3 Å². The Hall–Kier alpha value is -4.09. The largest absolute Gasteiger partial charge is 0.495 e. The van der Waals surface area contributed by atoms with Gasteiger partial charge in [-0.1, -0.05) is 18.2 Å². The zero-order valence-corrected chi connectivity index (χ0v) is 23.2. The van der Waals surface area contributed by atoms with E-state index in [1.54, 1.807) is 19.1 Å². The fraction of sp³-hybridized carbons (Fsp3) is 0.0833. The van der Waals surface area contributed by atoms with Gasteiger partial charge in [-0.2, -0.15) is 30.4 Å². The van der Waals surface area contributed by atoms with Crippen molar-refractivity contribution in [3.63, 3.8) is 0 Å². The first kappa shape index (κ1) is 28.9. The number of ether oxygens (including phenoxy) is 1. The number of anilines is 1. The molecule has 0 aromatic heterocycles. The van der Waals surface area contributed by atoms with Crippen molar-refractivity contribution in [3.8, 4) is 11.5 Å². The molecule has 0 unspecified atom stereocenters. The predicted molar refractivity (Wildman–Crippen MR) is 144 cm³/mol. The first-order valence-electron chi connectivity index (χ1n) is 11.0. The Kier molecular flexibility index (Phi) is 7.57. The molecule has 0 fully saturated rings. The van der Waals surface area contributed by atoms with Crippen molar-refractivity contribution in [1.82, 2.24) is 0 Å². The van der Waals surface area contributed by atoms with Gasteiger partial charge in [0, 0.05) is 6.07 Å². The normalized spacial score (nSPS) is 12.6. The van der Waals surface area contributed by atoms with Crippen LogP contribution in [0.2, 0.25) is 0 Å². The number of hydrogen-bond donors (Lipinski definition) is 3. The molecule has 40 heavy (non-hydrogen) atoms. The van der Waals surface area contributed by atoms with Crippen molar-refractivity contribution in [2.45, 2.75) is 21.6 Å². The molecule has 4 rings (SSSR count). The predicted octanol–water partition coefficient (Wildman–Crippen LogP) is 4.42. The molecule has 0 aliphatic rings. The van der Waals surface area contributed by atoms with Gasteiger partial charge in [0.15, 0.2) is 5.75 Å². The van der Waals surface area contributed by atoms with Gasteiger partial charge in [-0.15, -0.1) is 5.11 Å². The Balaban J connectivity index is 2.03. The second-order valence-corrected chi connectivity index (χ2v) is 12.7. The fourth-order valence-electron chi connectivity index (χ4n) is 3.67. The van der Waals surface area contributed by atoms with Crippen LogP contribution in [0.15, 0.2) is 91.6 Å². The topological polar surface area (TPSA) is 212 Å². The Morgan fingerprint density at radius 3 is 1.88 bits per heavy atom. The molecule has 13 nitrogen and oxygen atoms in total. The molecule has 0 heterocycles. The minimum absolute atomic E-state index is 0.192. The number of nitrogens with zero attached hydrogens (tertiary/aromatic N) is 2. The molecule has 0 spiro atoms. The fourth-order valence-corrected chi connectivity index (χ4v) is 5.70. The van der Waals surface area contributed by atoms with Gasteiger partial charge in [-0.05, 0) is 60.3 Å². The van der Waals surface area contributed by atoms with Crippen LogP contribution in [0, 0.1) is 6.92 Å². The summed E-state index contributed by atoms with van der Waals surface area (Å²) in [6.07, 6.45) is 0. The summed E-state index contributed by atoms with van der Waals surface area (Å²) in [7, 11) is -12.9. The van der Waals surface area contributed by atoms with Crippen molar-refractivity contribution in [3.05, 3.63) is 72.3 Å². The van der Waals surface area contributed by atoms with E-state index in [0.29, 0.717) is 11.3 Å². The zero-order valence-electron chi connectivity index (χ0n) is 20.7. The summed E-state index contributed by atoms with van der Waals surface area (Å²) >= 11 is 0. The molecule has 16 heteroatoms. The minimum Gasteiger partial charge on any atom is -0.495 e. The highest BCUT2D eigenvalue weighted by Crippen LogP contribution is 2.41. The Morgan fingerprint density at radius 1 is 0.725 bits per heavy atom. The molecule has 4 N–H and O–H groups in total. The quantitative estimate of drug-likeness (QED) is 0.110. The van der Waals surface area contributed by atoms with E-state index < -0.39 is 45.9 Å². The highest BCUT2D eigenvalue weighted by atomic mass is 32.2. The van der Waals surface area contributed by atoms with E-state index in [1.807, 2.05) is 0 Å². The molecular formula is C24H21N3O10S3. The Bertz CT molecular complexity index is 1990. The van der Waals surface area contributed by atoms with Gasteiger partial charge < -0.3 is 14.7 Å². The summed E-state index contributed by atoms with van der Waals surface area (Å²) in [4.78, 5) is -1.81. The van der Waals surface area contributed by atoms with Crippen molar-refractivity contribution >= 4 is 58.2 Å². The van der Waals surface area contributed by atoms with Crippen LogP contribution in [0.25, 0.3) is 10.8 Å². The molecule has 0 radical (unpaired) electrons. The number of benzene rings is 4. The van der Waals surface area contributed by atoms with Crippen LogP contribution in [-0.2, 0) is 30.4 Å². The lowest BCUT2D eigenvalue weighted by Crippen LogP contribution is -2.11. The molecule has 0 bridgehead atoms. The van der Waals surface area contributed by atoms with Crippen LogP contribution < -0.4 is 14.7 Å². The van der Waals surface area contributed by atoms with Crippen molar-refractivity contribution in [2.24, 2.45) is 10.2 Å². The van der Waals surface area contributed by atoms with Gasteiger partial charge >= 0.3 is 10.1 Å². The summed E-state index contributed by atoms with van der Waals surface area (Å²) in [5.74, 6) is -0.245. The summed E-state index contributed by atoms with van der Waals surface area (Å²) < 4.78 is 104. The molecule has 0 saturated heterocycles. The lowest BCUT2D eigenvalue weighted by atomic mass is 10.1. The maximum atomic E-state index is 13.0. The maximum Gasteiger partial charge on any atom is 0.339 e. The van der Waals surface area contributed by atoms with Gasteiger partial charge in [0.05, 0.1) is 39.3 Å². The van der Waals surface area contributed by atoms with Crippen LogP contribution in [0.4, 0.5) is 17.1 Å². The number of fused-ring (bicyclic) bond motifs is 1. The van der Waals surface area contributed by atoms with E-state index in [2.05, 4.69) is 10.2 Å². The third-order valence-electron chi connectivity index (χ3n) is 5.58. The number of azo groups is 1. The number of nitrogens with two attached hydrogens (primary N) is 1. The molecule has 0 aliphatic heterocycles. The lowest BCUT2D eigenvalue weighted by Gasteiger charge is -2.14. The Morgan fingerprint density at radius 2 is 1.30 bits per heavy atom. The van der Waals surface area contributed by atoms with E-state index in [-0.39, 0.29) is 32.7 Å². The number of rotatable bonds is 8. The van der Waals surface area contributed by atoms with E-state index >= 15 is 0 Å². The summed E-state index contributed by atoms with van der Waals surface area (Å²) in [6, 6.07) is 13.3. The SMILES string of the molecule is COc1cc(C)c(N=Nc2cc(S(=O)(=O)O)cc3cc(S(=O)(=O)O)cc(OS(=O)(=O)c4ccccc4)c23)cc1N. The summed E-state index contributed by atoms with van der Waals surface area (Å²) in [5.41, 5.74) is 6.63. The zero-order chi connectivity index (χ0) is 29.5. The number of aryl methyl sites for hydroxylation is 1. The van der Waals surface area contributed by atoms with Gasteiger partial charge in [0.25, 0.3) is 20.2 Å². The molecule has 210 valence electrons. The molecule has 0 atom stereocenters. The minimum atomic E-state index is -4.94. The van der Waals surface area contributed by atoms with E-state index in [9.17, 15) is 34.4 Å². The third kappa shape index (κ3) is 6.05. The highest BCUT2D eigenvalue weighted by molar-refractivity contribution is 7.87. The lowest BCUT2D eigenvalue weighted by molar-refractivity contribution is 0.416. The van der Waals surface area contributed by atoms with Gasteiger partial charge in [-0.25, -0.2) is 0 Å². The van der Waals surface area contributed by atoms with E-state index in [4.69, 9.17) is 14.7 Å². The maximum absolute atomic E-state index is 13.0.